The van der Waals surface area contributed by atoms with Gasteiger partial charge in [0.15, 0.2) is 23.0 Å². The number of nitrogens with zero attached hydrogens (tertiary/aromatic N) is 1. The molecule has 1 amide bonds. The molecule has 3 N–H and O–H groups in total. The van der Waals surface area contributed by atoms with E-state index in [9.17, 15) is 13.6 Å². The number of hydrogen-bond acceptors (Lipinski definition) is 6. The lowest BCUT2D eigenvalue weighted by Gasteiger charge is -2.11. The first-order valence-electron chi connectivity index (χ1n) is 11.2. The minimum absolute atomic E-state index is 0.0231. The van der Waals surface area contributed by atoms with Crippen molar-refractivity contribution in [2.45, 2.75) is 26.1 Å². The maximum absolute atomic E-state index is 13.9. The first kappa shape index (κ1) is 24.9. The van der Waals surface area contributed by atoms with Crippen molar-refractivity contribution in [3.63, 3.8) is 0 Å². The summed E-state index contributed by atoms with van der Waals surface area (Å²) in [4.78, 5) is 17.2. The van der Waals surface area contributed by atoms with Gasteiger partial charge in [0.05, 0.1) is 13.2 Å². The van der Waals surface area contributed by atoms with Gasteiger partial charge in [0.25, 0.3) is 5.91 Å². The van der Waals surface area contributed by atoms with Gasteiger partial charge in [-0.05, 0) is 36.8 Å². The zero-order valence-corrected chi connectivity index (χ0v) is 19.8. The highest BCUT2D eigenvalue weighted by molar-refractivity contribution is 5.94. The topological polar surface area (TPSA) is 99.6 Å². The number of benzene rings is 3. The largest absolute Gasteiger partial charge is 0.493 e. The van der Waals surface area contributed by atoms with Crippen molar-refractivity contribution in [2.75, 3.05) is 7.11 Å². The maximum Gasteiger partial charge on any atom is 0.273 e. The van der Waals surface area contributed by atoms with Crippen LogP contribution in [0.2, 0.25) is 0 Å². The van der Waals surface area contributed by atoms with Crippen molar-refractivity contribution in [1.29, 1.82) is 0 Å². The Kier molecular flexibility index (Phi) is 7.60. The van der Waals surface area contributed by atoms with Gasteiger partial charge in [-0.25, -0.2) is 13.8 Å². The molecule has 1 unspecified atom stereocenters. The highest BCUT2D eigenvalue weighted by Gasteiger charge is 2.24. The van der Waals surface area contributed by atoms with Crippen LogP contribution < -0.4 is 20.5 Å². The Balaban J connectivity index is 1.57. The van der Waals surface area contributed by atoms with Crippen molar-refractivity contribution in [3.8, 4) is 23.0 Å². The number of ether oxygens (including phenoxy) is 2. The summed E-state index contributed by atoms with van der Waals surface area (Å²) in [5.74, 6) is -0.739. The van der Waals surface area contributed by atoms with Crippen LogP contribution in [-0.4, -0.2) is 18.0 Å². The van der Waals surface area contributed by atoms with E-state index < -0.39 is 23.6 Å². The summed E-state index contributed by atoms with van der Waals surface area (Å²) in [6.07, 6.45) is 0. The Morgan fingerprint density at radius 2 is 1.86 bits per heavy atom. The summed E-state index contributed by atoms with van der Waals surface area (Å²) in [5, 5.41) is 2.58. The Bertz CT molecular complexity index is 1360. The summed E-state index contributed by atoms with van der Waals surface area (Å²) in [6, 6.07) is 17.3. The Morgan fingerprint density at radius 1 is 1.08 bits per heavy atom. The van der Waals surface area contributed by atoms with Gasteiger partial charge < -0.3 is 24.9 Å². The molecule has 0 radical (unpaired) electrons. The minimum atomic E-state index is -0.759. The van der Waals surface area contributed by atoms with Gasteiger partial charge in [-0.1, -0.05) is 36.4 Å². The second-order valence-electron chi connectivity index (χ2n) is 8.08. The van der Waals surface area contributed by atoms with E-state index in [1.165, 1.54) is 13.2 Å². The van der Waals surface area contributed by atoms with Gasteiger partial charge >= 0.3 is 0 Å². The van der Waals surface area contributed by atoms with Crippen LogP contribution in [0.4, 0.5) is 8.78 Å². The van der Waals surface area contributed by atoms with E-state index in [0.29, 0.717) is 23.7 Å². The fourth-order valence-electron chi connectivity index (χ4n) is 3.51. The molecule has 0 aliphatic heterocycles. The lowest BCUT2D eigenvalue weighted by Crippen LogP contribution is -2.25. The SMILES string of the molecule is COc1ccc(-c2nc(C(=O)NCc3ccc(F)cc3F)c(C(C)N)o2)cc1OCc1ccccc1. The average molecular weight is 494 g/mol. The second-order valence-corrected chi connectivity index (χ2v) is 8.08. The van der Waals surface area contributed by atoms with Crippen LogP contribution in [-0.2, 0) is 13.2 Å². The molecule has 0 aliphatic carbocycles. The number of nitrogens with two attached hydrogens (primary N) is 1. The Hall–Kier alpha value is -4.24. The number of hydrogen-bond donors (Lipinski definition) is 2. The predicted molar refractivity (Wildman–Crippen MR) is 129 cm³/mol. The lowest BCUT2D eigenvalue weighted by atomic mass is 10.2. The number of nitrogens with one attached hydrogen (secondary N) is 1. The molecule has 0 spiro atoms. The number of carbonyl (C=O) groups excluding carboxylic acids is 1. The average Bonchev–Trinajstić information content (AvgIpc) is 3.33. The number of rotatable bonds is 9. The third-order valence-electron chi connectivity index (χ3n) is 5.38. The molecule has 0 aliphatic rings. The summed E-state index contributed by atoms with van der Waals surface area (Å²) >= 11 is 0. The van der Waals surface area contributed by atoms with Crippen LogP contribution in [0.25, 0.3) is 11.5 Å². The number of methoxy groups -OCH3 is 1. The molecule has 36 heavy (non-hydrogen) atoms. The number of amides is 1. The van der Waals surface area contributed by atoms with Crippen LogP contribution in [0.15, 0.2) is 71.1 Å². The lowest BCUT2D eigenvalue weighted by molar-refractivity contribution is 0.0943. The summed E-state index contributed by atoms with van der Waals surface area (Å²) in [5.41, 5.74) is 7.66. The summed E-state index contributed by atoms with van der Waals surface area (Å²) in [6.45, 7) is 1.82. The predicted octanol–water partition coefficient (Wildman–Crippen LogP) is 5.16. The molecular weight excluding hydrogens is 468 g/mol. The molecule has 0 saturated heterocycles. The number of carbonyl (C=O) groups is 1. The van der Waals surface area contributed by atoms with Gasteiger partial charge in [-0.15, -0.1) is 0 Å². The monoisotopic (exact) mass is 493 g/mol. The van der Waals surface area contributed by atoms with Crippen molar-refractivity contribution < 1.29 is 27.5 Å². The van der Waals surface area contributed by atoms with Crippen LogP contribution >= 0.6 is 0 Å². The van der Waals surface area contributed by atoms with Crippen molar-refractivity contribution >= 4 is 5.91 Å². The van der Waals surface area contributed by atoms with Gasteiger partial charge in [-0.2, -0.15) is 0 Å². The third kappa shape index (κ3) is 5.69. The zero-order chi connectivity index (χ0) is 25.7. The van der Waals surface area contributed by atoms with E-state index in [1.54, 1.807) is 25.1 Å². The van der Waals surface area contributed by atoms with E-state index in [1.807, 2.05) is 30.3 Å². The quantitative estimate of drug-likeness (QED) is 0.334. The Morgan fingerprint density at radius 3 is 2.56 bits per heavy atom. The molecule has 1 aromatic heterocycles. The van der Waals surface area contributed by atoms with E-state index in [2.05, 4.69) is 10.3 Å². The molecule has 1 atom stereocenters. The van der Waals surface area contributed by atoms with Gasteiger partial charge in [0, 0.05) is 23.7 Å². The van der Waals surface area contributed by atoms with Crippen LogP contribution in [0, 0.1) is 11.6 Å². The molecule has 1 heterocycles. The van der Waals surface area contributed by atoms with Crippen LogP contribution in [0.3, 0.4) is 0 Å². The smallest absolute Gasteiger partial charge is 0.273 e. The summed E-state index contributed by atoms with van der Waals surface area (Å²) in [7, 11) is 1.54. The number of oxazole rings is 1. The van der Waals surface area contributed by atoms with Crippen molar-refractivity contribution in [1.82, 2.24) is 10.3 Å². The molecule has 7 nitrogen and oxygen atoms in total. The van der Waals surface area contributed by atoms with E-state index in [4.69, 9.17) is 19.6 Å². The van der Waals surface area contributed by atoms with Gasteiger partial charge in [-0.3, -0.25) is 4.79 Å². The van der Waals surface area contributed by atoms with E-state index in [-0.39, 0.29) is 29.5 Å². The van der Waals surface area contributed by atoms with Crippen LogP contribution in [0.5, 0.6) is 11.5 Å². The van der Waals surface area contributed by atoms with E-state index in [0.717, 1.165) is 17.7 Å². The number of aromatic nitrogens is 1. The minimum Gasteiger partial charge on any atom is -0.493 e. The molecular formula is C27H25F2N3O4. The van der Waals surface area contributed by atoms with Gasteiger partial charge in [0.2, 0.25) is 5.89 Å². The number of halogens is 2. The fourth-order valence-corrected chi connectivity index (χ4v) is 3.51. The van der Waals surface area contributed by atoms with Crippen molar-refractivity contribution in [3.05, 3.63) is 101 Å². The highest BCUT2D eigenvalue weighted by Crippen LogP contribution is 2.34. The molecule has 4 rings (SSSR count). The molecule has 186 valence electrons. The van der Waals surface area contributed by atoms with Crippen LogP contribution in [0.1, 0.15) is 40.3 Å². The Labute approximate surface area is 206 Å². The molecule has 4 aromatic rings. The standard InChI is InChI=1S/C27H25F2N3O4/c1-16(30)25-24(26(33)31-14-19-8-10-20(28)13-21(19)29)32-27(36-25)18-9-11-22(34-2)23(12-18)35-15-17-6-4-3-5-7-17/h3-13,16H,14-15,30H2,1-2H3,(H,31,33). The zero-order valence-electron chi connectivity index (χ0n) is 19.8. The van der Waals surface area contributed by atoms with Crippen molar-refractivity contribution in [2.24, 2.45) is 5.73 Å². The maximum atomic E-state index is 13.9. The molecule has 0 bridgehead atoms. The first-order valence-corrected chi connectivity index (χ1v) is 11.2. The second kappa shape index (κ2) is 11.0. The molecule has 3 aromatic carbocycles. The fraction of sp³-hybridized carbons (Fsp3) is 0.185. The van der Waals surface area contributed by atoms with E-state index >= 15 is 0 Å². The van der Waals surface area contributed by atoms with Gasteiger partial charge in [0.1, 0.15) is 18.2 Å². The third-order valence-corrected chi connectivity index (χ3v) is 5.38. The summed E-state index contributed by atoms with van der Waals surface area (Å²) < 4.78 is 44.3. The normalized spacial score (nSPS) is 11.7. The molecule has 0 saturated carbocycles. The molecule has 9 heteroatoms. The highest BCUT2D eigenvalue weighted by atomic mass is 19.1. The molecule has 0 fully saturated rings. The first-order chi connectivity index (χ1) is 17.4.